The molecule has 0 aromatic carbocycles. The summed E-state index contributed by atoms with van der Waals surface area (Å²) in [6.45, 7) is 9.91. The highest BCUT2D eigenvalue weighted by Crippen LogP contribution is 2.12. The fraction of sp³-hybridized carbons (Fsp3) is 0.750. The summed E-state index contributed by atoms with van der Waals surface area (Å²) >= 11 is 0. The SMILES string of the molecule is CCCn1nc(C)c(CNCCOC)c1C. The van der Waals surface area contributed by atoms with Crippen molar-refractivity contribution in [3.8, 4) is 0 Å². The maximum Gasteiger partial charge on any atom is 0.0641 e. The van der Waals surface area contributed by atoms with Crippen LogP contribution in [0.4, 0.5) is 0 Å². The van der Waals surface area contributed by atoms with E-state index in [0.717, 1.165) is 38.4 Å². The molecule has 0 aliphatic rings. The average molecular weight is 225 g/mol. The summed E-state index contributed by atoms with van der Waals surface area (Å²) < 4.78 is 7.10. The second-order valence-electron chi connectivity index (χ2n) is 4.04. The van der Waals surface area contributed by atoms with Gasteiger partial charge in [0.05, 0.1) is 12.3 Å². The molecule has 0 atom stereocenters. The van der Waals surface area contributed by atoms with E-state index in [-0.39, 0.29) is 0 Å². The normalized spacial score (nSPS) is 11.0. The van der Waals surface area contributed by atoms with Gasteiger partial charge in [-0.25, -0.2) is 0 Å². The number of nitrogens with zero attached hydrogens (tertiary/aromatic N) is 2. The van der Waals surface area contributed by atoms with Crippen molar-refractivity contribution in [2.24, 2.45) is 0 Å². The van der Waals surface area contributed by atoms with Crippen molar-refractivity contribution in [2.75, 3.05) is 20.3 Å². The molecule has 0 aliphatic carbocycles. The van der Waals surface area contributed by atoms with Crippen molar-refractivity contribution >= 4 is 0 Å². The molecule has 1 heterocycles. The monoisotopic (exact) mass is 225 g/mol. The summed E-state index contributed by atoms with van der Waals surface area (Å²) in [7, 11) is 1.72. The third-order valence-electron chi connectivity index (χ3n) is 2.75. The van der Waals surface area contributed by atoms with Crippen molar-refractivity contribution in [1.29, 1.82) is 0 Å². The molecule has 0 saturated heterocycles. The van der Waals surface area contributed by atoms with Crippen LogP contribution in [0.25, 0.3) is 0 Å². The fourth-order valence-electron chi connectivity index (χ4n) is 1.81. The van der Waals surface area contributed by atoms with Crippen molar-refractivity contribution in [3.63, 3.8) is 0 Å². The number of methoxy groups -OCH3 is 1. The molecule has 1 aromatic rings. The summed E-state index contributed by atoms with van der Waals surface area (Å²) in [6.07, 6.45) is 1.12. The van der Waals surface area contributed by atoms with Crippen molar-refractivity contribution in [1.82, 2.24) is 15.1 Å². The predicted molar refractivity (Wildman–Crippen MR) is 65.6 cm³/mol. The molecule has 16 heavy (non-hydrogen) atoms. The molecule has 0 saturated carbocycles. The van der Waals surface area contributed by atoms with Crippen LogP contribution in [0.5, 0.6) is 0 Å². The van der Waals surface area contributed by atoms with E-state index in [1.165, 1.54) is 11.3 Å². The minimum Gasteiger partial charge on any atom is -0.383 e. The zero-order valence-electron chi connectivity index (χ0n) is 10.8. The smallest absolute Gasteiger partial charge is 0.0641 e. The highest BCUT2D eigenvalue weighted by molar-refractivity contribution is 5.24. The van der Waals surface area contributed by atoms with Crippen LogP contribution in [0.15, 0.2) is 0 Å². The Morgan fingerprint density at radius 1 is 1.38 bits per heavy atom. The molecule has 0 amide bonds. The third kappa shape index (κ3) is 3.32. The van der Waals surface area contributed by atoms with Crippen LogP contribution in [0.2, 0.25) is 0 Å². The van der Waals surface area contributed by atoms with Crippen LogP contribution >= 0.6 is 0 Å². The molecule has 0 bridgehead atoms. The molecule has 4 nitrogen and oxygen atoms in total. The lowest BCUT2D eigenvalue weighted by atomic mass is 10.2. The van der Waals surface area contributed by atoms with E-state index in [9.17, 15) is 0 Å². The van der Waals surface area contributed by atoms with E-state index in [0.29, 0.717) is 0 Å². The van der Waals surface area contributed by atoms with Gasteiger partial charge in [0.25, 0.3) is 0 Å². The van der Waals surface area contributed by atoms with E-state index in [4.69, 9.17) is 4.74 Å². The first-order chi connectivity index (χ1) is 7.70. The number of aromatic nitrogens is 2. The molecule has 0 fully saturated rings. The topological polar surface area (TPSA) is 39.1 Å². The lowest BCUT2D eigenvalue weighted by Crippen LogP contribution is -2.19. The largest absolute Gasteiger partial charge is 0.383 e. The fourth-order valence-corrected chi connectivity index (χ4v) is 1.81. The Kier molecular flexibility index (Phi) is 5.49. The standard InChI is InChI=1S/C12H23N3O/c1-5-7-15-11(3)12(10(2)14-15)9-13-6-8-16-4/h13H,5-9H2,1-4H3. The van der Waals surface area contributed by atoms with Gasteiger partial charge < -0.3 is 10.1 Å². The van der Waals surface area contributed by atoms with Gasteiger partial charge >= 0.3 is 0 Å². The molecule has 92 valence electrons. The Balaban J connectivity index is 2.57. The van der Waals surface area contributed by atoms with Gasteiger partial charge in [0.2, 0.25) is 0 Å². The molecule has 4 heteroatoms. The third-order valence-corrected chi connectivity index (χ3v) is 2.75. The molecule has 1 N–H and O–H groups in total. The van der Waals surface area contributed by atoms with Crippen LogP contribution < -0.4 is 5.32 Å². The predicted octanol–water partition coefficient (Wildman–Crippen LogP) is 1.65. The van der Waals surface area contributed by atoms with Crippen molar-refractivity contribution in [3.05, 3.63) is 17.0 Å². The first kappa shape index (κ1) is 13.2. The van der Waals surface area contributed by atoms with Gasteiger partial charge in [-0.1, -0.05) is 6.92 Å². The van der Waals surface area contributed by atoms with E-state index in [2.05, 4.69) is 35.9 Å². The van der Waals surface area contributed by atoms with Gasteiger partial charge in [-0.15, -0.1) is 0 Å². The number of nitrogens with one attached hydrogen (secondary N) is 1. The van der Waals surface area contributed by atoms with E-state index in [1.807, 2.05) is 0 Å². The molecule has 1 aromatic heterocycles. The lowest BCUT2D eigenvalue weighted by Gasteiger charge is -2.05. The van der Waals surface area contributed by atoms with Gasteiger partial charge in [-0.2, -0.15) is 5.10 Å². The van der Waals surface area contributed by atoms with Crippen molar-refractivity contribution in [2.45, 2.75) is 40.3 Å². The van der Waals surface area contributed by atoms with E-state index >= 15 is 0 Å². The van der Waals surface area contributed by atoms with Gasteiger partial charge in [0.1, 0.15) is 0 Å². The lowest BCUT2D eigenvalue weighted by molar-refractivity contribution is 0.199. The Morgan fingerprint density at radius 2 is 2.12 bits per heavy atom. The maximum absolute atomic E-state index is 5.00. The van der Waals surface area contributed by atoms with Gasteiger partial charge in [-0.3, -0.25) is 4.68 Å². The zero-order chi connectivity index (χ0) is 12.0. The van der Waals surface area contributed by atoms with Gasteiger partial charge in [-0.05, 0) is 20.3 Å². The summed E-state index contributed by atoms with van der Waals surface area (Å²) in [5, 5.41) is 7.91. The Morgan fingerprint density at radius 3 is 2.75 bits per heavy atom. The van der Waals surface area contributed by atoms with Crippen LogP contribution in [-0.2, 0) is 17.8 Å². The maximum atomic E-state index is 5.00. The van der Waals surface area contributed by atoms with E-state index < -0.39 is 0 Å². The molecule has 1 rings (SSSR count). The second-order valence-corrected chi connectivity index (χ2v) is 4.04. The van der Waals surface area contributed by atoms with E-state index in [1.54, 1.807) is 7.11 Å². The summed E-state index contributed by atoms with van der Waals surface area (Å²) in [5.41, 5.74) is 3.74. The summed E-state index contributed by atoms with van der Waals surface area (Å²) in [6, 6.07) is 0. The first-order valence-corrected chi connectivity index (χ1v) is 5.93. The molecule has 0 unspecified atom stereocenters. The number of aryl methyl sites for hydroxylation is 2. The number of ether oxygens (including phenoxy) is 1. The van der Waals surface area contributed by atoms with Crippen LogP contribution in [0.1, 0.15) is 30.3 Å². The van der Waals surface area contributed by atoms with Gasteiger partial charge in [0, 0.05) is 38.0 Å². The number of hydrogen-bond acceptors (Lipinski definition) is 3. The van der Waals surface area contributed by atoms with Crippen LogP contribution in [-0.4, -0.2) is 30.0 Å². The second kappa shape index (κ2) is 6.66. The molecular weight excluding hydrogens is 202 g/mol. The van der Waals surface area contributed by atoms with Gasteiger partial charge in [0.15, 0.2) is 0 Å². The molecule has 0 aliphatic heterocycles. The van der Waals surface area contributed by atoms with Crippen LogP contribution in [0, 0.1) is 13.8 Å². The quantitative estimate of drug-likeness (QED) is 0.717. The molecule has 0 radical (unpaired) electrons. The van der Waals surface area contributed by atoms with Crippen LogP contribution in [0.3, 0.4) is 0 Å². The Bertz CT molecular complexity index is 320. The first-order valence-electron chi connectivity index (χ1n) is 5.93. The summed E-state index contributed by atoms with van der Waals surface area (Å²) in [5.74, 6) is 0. The zero-order valence-corrected chi connectivity index (χ0v) is 10.8. The minimum absolute atomic E-state index is 0.751. The Hall–Kier alpha value is -0.870. The highest BCUT2D eigenvalue weighted by atomic mass is 16.5. The Labute approximate surface area is 98.0 Å². The molecule has 0 spiro atoms. The number of hydrogen-bond donors (Lipinski definition) is 1. The molecular formula is C12H23N3O. The van der Waals surface area contributed by atoms with Crippen molar-refractivity contribution < 1.29 is 4.74 Å². The summed E-state index contributed by atoms with van der Waals surface area (Å²) in [4.78, 5) is 0. The average Bonchev–Trinajstić information content (AvgIpc) is 2.52. The highest BCUT2D eigenvalue weighted by Gasteiger charge is 2.09. The minimum atomic E-state index is 0.751. The number of rotatable bonds is 7.